The summed E-state index contributed by atoms with van der Waals surface area (Å²) in [6.07, 6.45) is 51.8. The monoisotopic (exact) mass is 1040 g/mol. The fourth-order valence-corrected chi connectivity index (χ4v) is 11.4. The summed E-state index contributed by atoms with van der Waals surface area (Å²) in [6, 6.07) is -2.99. The zero-order valence-corrected chi connectivity index (χ0v) is 48.2. The van der Waals surface area contributed by atoms with Gasteiger partial charge in [-0.2, -0.15) is 11.8 Å². The van der Waals surface area contributed by atoms with Crippen molar-refractivity contribution in [1.29, 1.82) is 0 Å². The SMILES string of the molecule is CCCCCCCCCCCCCCCCN(CCCCCCCCCCCCCCCC)[C@](CCCCCCCCCCCCCCCC)(CSCC(O)CO)C(=O)N[C@@H](CO)C(=O)N[C@@H](CO)C(=O)O. The average Bonchev–Trinajstić information content (AvgIpc) is 3.38. The van der Waals surface area contributed by atoms with Crippen LogP contribution in [0.25, 0.3) is 0 Å². The minimum Gasteiger partial charge on any atom is -0.480 e. The molecule has 0 rings (SSSR count). The molecule has 0 aliphatic carbocycles. The van der Waals surface area contributed by atoms with Gasteiger partial charge < -0.3 is 36.2 Å². The standard InChI is InChI=1S/C60H119N3O8S/c1-4-7-10-13-16-19-22-25-28-31-34-37-40-43-46-60(53-72-52-54(67)49-64,59(71)62-55(50-65)57(68)61-56(51-66)58(69)70)63(47-44-41-38-35-32-29-26-23-20-17-14-11-8-5-2)48-45-42-39-36-33-30-27-24-21-18-15-12-9-6-3/h54-56,64-67H,4-53H2,1-3H3,(H,61,68)(H,62,71)(H,69,70)/t54?,55-,56-,60+/m0/s1. The first-order valence-electron chi connectivity index (χ1n) is 30.8. The molecular formula is C60H119N3O8S. The molecule has 0 aromatic heterocycles. The number of thioether (sulfide) groups is 1. The van der Waals surface area contributed by atoms with Gasteiger partial charge in [0.05, 0.1) is 25.9 Å². The van der Waals surface area contributed by atoms with Crippen molar-refractivity contribution in [1.82, 2.24) is 15.5 Å². The normalized spacial score (nSPS) is 13.8. The van der Waals surface area contributed by atoms with E-state index in [1.165, 1.54) is 217 Å². The van der Waals surface area contributed by atoms with E-state index < -0.39 is 48.8 Å². The van der Waals surface area contributed by atoms with Crippen molar-refractivity contribution in [3.05, 3.63) is 0 Å². The molecule has 72 heavy (non-hydrogen) atoms. The van der Waals surface area contributed by atoms with Gasteiger partial charge in [0.25, 0.3) is 0 Å². The largest absolute Gasteiger partial charge is 0.480 e. The molecule has 428 valence electrons. The molecule has 0 aliphatic rings. The molecule has 1 unspecified atom stereocenters. The van der Waals surface area contributed by atoms with E-state index in [0.717, 1.165) is 64.2 Å². The van der Waals surface area contributed by atoms with Crippen molar-refractivity contribution in [3.8, 4) is 0 Å². The zero-order chi connectivity index (χ0) is 53.0. The number of carboxylic acids is 1. The minimum atomic E-state index is -1.57. The third-order valence-electron chi connectivity index (χ3n) is 15.0. The van der Waals surface area contributed by atoms with E-state index in [4.69, 9.17) is 0 Å². The van der Waals surface area contributed by atoms with Crippen molar-refractivity contribution >= 4 is 29.5 Å². The number of hydrogen-bond acceptors (Lipinski definition) is 9. The number of carboxylic acid groups (broad SMARTS) is 1. The van der Waals surface area contributed by atoms with Crippen LogP contribution in [0.5, 0.6) is 0 Å². The van der Waals surface area contributed by atoms with E-state index in [9.17, 15) is 35.1 Å². The number of aliphatic hydroxyl groups excluding tert-OH is 4. The molecule has 0 radical (unpaired) electrons. The minimum absolute atomic E-state index is 0.247. The van der Waals surface area contributed by atoms with Gasteiger partial charge in [0.15, 0.2) is 0 Å². The average molecular weight is 1040 g/mol. The summed E-state index contributed by atoms with van der Waals surface area (Å²) in [4.78, 5) is 42.6. The van der Waals surface area contributed by atoms with Crippen molar-refractivity contribution in [2.45, 2.75) is 321 Å². The summed E-state index contributed by atoms with van der Waals surface area (Å²) in [5.41, 5.74) is -1.08. The maximum atomic E-state index is 15.1. The van der Waals surface area contributed by atoms with Crippen LogP contribution in [0.1, 0.15) is 297 Å². The highest BCUT2D eigenvalue weighted by Crippen LogP contribution is 2.31. The van der Waals surface area contributed by atoms with Crippen LogP contribution in [0.3, 0.4) is 0 Å². The number of hydrogen-bond donors (Lipinski definition) is 7. The second-order valence-corrected chi connectivity index (χ2v) is 22.7. The Morgan fingerprint density at radius 2 is 0.736 bits per heavy atom. The van der Waals surface area contributed by atoms with Crippen molar-refractivity contribution < 1.29 is 39.9 Å². The molecule has 0 heterocycles. The maximum absolute atomic E-state index is 15.1. The number of aliphatic carboxylic acids is 1. The van der Waals surface area contributed by atoms with E-state index >= 15 is 4.79 Å². The molecule has 0 aromatic carbocycles. The first-order chi connectivity index (χ1) is 35.2. The number of carbonyl (C=O) groups excluding carboxylic acids is 2. The van der Waals surface area contributed by atoms with Gasteiger partial charge >= 0.3 is 5.97 Å². The van der Waals surface area contributed by atoms with E-state index in [-0.39, 0.29) is 18.3 Å². The quantitative estimate of drug-likeness (QED) is 0.0290. The maximum Gasteiger partial charge on any atom is 0.328 e. The number of unbranched alkanes of at least 4 members (excludes halogenated alkanes) is 39. The smallest absolute Gasteiger partial charge is 0.328 e. The molecule has 2 amide bonds. The van der Waals surface area contributed by atoms with Crippen LogP contribution in [-0.2, 0) is 14.4 Å². The Labute approximate surface area is 448 Å². The molecule has 0 spiro atoms. The van der Waals surface area contributed by atoms with Gasteiger partial charge in [0.2, 0.25) is 11.8 Å². The van der Waals surface area contributed by atoms with Crippen LogP contribution in [0, 0.1) is 0 Å². The Bertz CT molecular complexity index is 1170. The van der Waals surface area contributed by atoms with E-state index in [0.29, 0.717) is 25.3 Å². The fraction of sp³-hybridized carbons (Fsp3) is 0.950. The van der Waals surface area contributed by atoms with Crippen LogP contribution in [-0.4, -0.2) is 116 Å². The van der Waals surface area contributed by atoms with Crippen molar-refractivity contribution in [3.63, 3.8) is 0 Å². The van der Waals surface area contributed by atoms with Crippen LogP contribution in [0.15, 0.2) is 0 Å². The second kappa shape index (κ2) is 53.0. The first kappa shape index (κ1) is 70.6. The summed E-state index contributed by atoms with van der Waals surface area (Å²) in [6.45, 7) is 6.25. The summed E-state index contributed by atoms with van der Waals surface area (Å²) in [7, 11) is 0. The highest BCUT2D eigenvalue weighted by atomic mass is 32.2. The molecule has 0 aliphatic heterocycles. The summed E-state index contributed by atoms with van der Waals surface area (Å²) < 4.78 is 0. The van der Waals surface area contributed by atoms with Gasteiger partial charge in [-0.1, -0.05) is 278 Å². The lowest BCUT2D eigenvalue weighted by Crippen LogP contribution is -2.65. The lowest BCUT2D eigenvalue weighted by Gasteiger charge is -2.44. The topological polar surface area (TPSA) is 180 Å². The number of carbonyl (C=O) groups is 3. The third-order valence-corrected chi connectivity index (χ3v) is 16.3. The summed E-state index contributed by atoms with van der Waals surface area (Å²) in [5.74, 6) is -2.08. The van der Waals surface area contributed by atoms with Gasteiger partial charge in [0.1, 0.15) is 17.6 Å². The number of amides is 2. The number of aliphatic hydroxyl groups is 4. The Morgan fingerprint density at radius 1 is 0.431 bits per heavy atom. The van der Waals surface area contributed by atoms with Crippen LogP contribution in [0.2, 0.25) is 0 Å². The Morgan fingerprint density at radius 3 is 1.03 bits per heavy atom. The molecule has 0 bridgehead atoms. The summed E-state index contributed by atoms with van der Waals surface area (Å²) in [5, 5.41) is 55.1. The lowest BCUT2D eigenvalue weighted by molar-refractivity contribution is -0.144. The number of rotatable bonds is 58. The van der Waals surface area contributed by atoms with Crippen LogP contribution < -0.4 is 10.6 Å². The van der Waals surface area contributed by atoms with Crippen LogP contribution in [0.4, 0.5) is 0 Å². The molecule has 11 nitrogen and oxygen atoms in total. The zero-order valence-electron chi connectivity index (χ0n) is 47.4. The van der Waals surface area contributed by atoms with Crippen molar-refractivity contribution in [2.75, 3.05) is 44.4 Å². The fourth-order valence-electron chi connectivity index (χ4n) is 10.2. The van der Waals surface area contributed by atoms with E-state index in [1.54, 1.807) is 0 Å². The Kier molecular flexibility index (Phi) is 51.9. The molecule has 0 saturated carbocycles. The van der Waals surface area contributed by atoms with Crippen molar-refractivity contribution in [2.24, 2.45) is 0 Å². The highest BCUT2D eigenvalue weighted by Gasteiger charge is 2.44. The van der Waals surface area contributed by atoms with E-state index in [2.05, 4.69) is 36.3 Å². The van der Waals surface area contributed by atoms with Gasteiger partial charge in [-0.25, -0.2) is 4.79 Å². The molecule has 4 atom stereocenters. The molecule has 12 heteroatoms. The lowest BCUT2D eigenvalue weighted by atomic mass is 9.88. The number of nitrogens with one attached hydrogen (secondary N) is 2. The van der Waals surface area contributed by atoms with Gasteiger partial charge in [0, 0.05) is 11.5 Å². The highest BCUT2D eigenvalue weighted by molar-refractivity contribution is 7.99. The Hall–Kier alpha value is -1.44. The molecule has 0 aromatic rings. The molecule has 7 N–H and O–H groups in total. The first-order valence-corrected chi connectivity index (χ1v) is 32.0. The predicted octanol–water partition coefficient (Wildman–Crippen LogP) is 14.0. The second-order valence-electron chi connectivity index (χ2n) is 21.7. The summed E-state index contributed by atoms with van der Waals surface area (Å²) >= 11 is 1.44. The predicted molar refractivity (Wildman–Crippen MR) is 306 cm³/mol. The van der Waals surface area contributed by atoms with Gasteiger partial charge in [-0.05, 0) is 32.4 Å². The third kappa shape index (κ3) is 39.9. The molecule has 0 saturated heterocycles. The molecule has 0 fully saturated rings. The Balaban J connectivity index is 6.15. The van der Waals surface area contributed by atoms with Crippen LogP contribution >= 0.6 is 11.8 Å². The number of nitrogens with zero attached hydrogens (tertiary/aromatic N) is 1. The molecular weight excluding hydrogens is 923 g/mol. The van der Waals surface area contributed by atoms with E-state index in [1.807, 2.05) is 0 Å². The van der Waals surface area contributed by atoms with Gasteiger partial charge in [-0.3, -0.25) is 14.5 Å². The van der Waals surface area contributed by atoms with Gasteiger partial charge in [-0.15, -0.1) is 0 Å².